The Balaban J connectivity index is 1.47. The minimum atomic E-state index is -0.909. The highest BCUT2D eigenvalue weighted by Crippen LogP contribution is 2.26. The molecule has 2 amide bonds. The van der Waals surface area contributed by atoms with E-state index < -0.39 is 5.97 Å². The number of rotatable bonds is 12. The first-order valence-corrected chi connectivity index (χ1v) is 13.6. The molecule has 7 nitrogen and oxygen atoms in total. The first kappa shape index (κ1) is 27.5. The zero-order valence-electron chi connectivity index (χ0n) is 21.6. The Morgan fingerprint density at radius 1 is 1.06 bits per heavy atom. The zero-order chi connectivity index (χ0) is 25.0. The number of hydrogen-bond donors (Lipinski definition) is 2. The highest BCUT2D eigenvalue weighted by molar-refractivity contribution is 5.91. The molecule has 196 valence electrons. The molecule has 1 aromatic rings. The van der Waals surface area contributed by atoms with Gasteiger partial charge in [-0.15, -0.1) is 0 Å². The lowest BCUT2D eigenvalue weighted by atomic mass is 9.94. The van der Waals surface area contributed by atoms with E-state index in [-0.39, 0.29) is 18.2 Å². The number of benzene rings is 1. The number of nitrogens with one attached hydrogen (secondary N) is 1. The van der Waals surface area contributed by atoms with Gasteiger partial charge in [0.1, 0.15) is 0 Å². The van der Waals surface area contributed by atoms with Gasteiger partial charge in [-0.3, -0.25) is 0 Å². The minimum Gasteiger partial charge on any atom is -0.478 e. The predicted molar refractivity (Wildman–Crippen MR) is 137 cm³/mol. The van der Waals surface area contributed by atoms with E-state index in [4.69, 9.17) is 9.47 Å². The Morgan fingerprint density at radius 3 is 2.51 bits per heavy atom. The summed E-state index contributed by atoms with van der Waals surface area (Å²) in [5, 5.41) is 12.6. The Kier molecular flexibility index (Phi) is 11.3. The minimum absolute atomic E-state index is 0.0474. The van der Waals surface area contributed by atoms with Crippen LogP contribution in [0, 0.1) is 6.92 Å². The Morgan fingerprint density at radius 2 is 1.80 bits per heavy atom. The van der Waals surface area contributed by atoms with Crippen molar-refractivity contribution < 1.29 is 24.2 Å². The molecule has 7 heteroatoms. The number of nitrogens with zero attached hydrogens (tertiary/aromatic N) is 1. The van der Waals surface area contributed by atoms with E-state index in [1.54, 1.807) is 0 Å². The first-order chi connectivity index (χ1) is 17.0. The van der Waals surface area contributed by atoms with Gasteiger partial charge in [0.05, 0.1) is 31.0 Å². The Hall–Kier alpha value is -2.12. The average molecular weight is 489 g/mol. The third-order valence-corrected chi connectivity index (χ3v) is 7.39. The highest BCUT2D eigenvalue weighted by atomic mass is 16.5. The van der Waals surface area contributed by atoms with Gasteiger partial charge in [-0.1, -0.05) is 50.8 Å². The highest BCUT2D eigenvalue weighted by Gasteiger charge is 2.27. The molecule has 2 aliphatic carbocycles. The van der Waals surface area contributed by atoms with Gasteiger partial charge in [-0.25, -0.2) is 9.59 Å². The van der Waals surface area contributed by atoms with E-state index >= 15 is 0 Å². The van der Waals surface area contributed by atoms with Crippen LogP contribution in [0.4, 0.5) is 4.79 Å². The summed E-state index contributed by atoms with van der Waals surface area (Å²) in [6.45, 7) is 6.13. The summed E-state index contributed by atoms with van der Waals surface area (Å²) in [7, 11) is 0. The van der Waals surface area contributed by atoms with Gasteiger partial charge >= 0.3 is 12.0 Å². The number of amides is 2. The third kappa shape index (κ3) is 8.50. The molecule has 0 aromatic heterocycles. The number of carbonyl (C=O) groups is 2. The second-order valence-corrected chi connectivity index (χ2v) is 10.1. The number of urea groups is 1. The van der Waals surface area contributed by atoms with Crippen LogP contribution in [0.3, 0.4) is 0 Å². The van der Waals surface area contributed by atoms with E-state index in [1.165, 1.54) is 19.3 Å². The van der Waals surface area contributed by atoms with Crippen molar-refractivity contribution in [1.82, 2.24) is 10.2 Å². The maximum Gasteiger partial charge on any atom is 0.336 e. The Labute approximate surface area is 210 Å². The van der Waals surface area contributed by atoms with Crippen molar-refractivity contribution in [3.63, 3.8) is 0 Å². The summed E-state index contributed by atoms with van der Waals surface area (Å²) in [5.41, 5.74) is 1.82. The fraction of sp³-hybridized carbons (Fsp3) is 0.714. The molecule has 0 bridgehead atoms. The second-order valence-electron chi connectivity index (χ2n) is 10.1. The molecule has 2 N–H and O–H groups in total. The fourth-order valence-corrected chi connectivity index (χ4v) is 5.40. The monoisotopic (exact) mass is 488 g/mol. The molecule has 0 heterocycles. The number of hydrogen-bond acceptors (Lipinski definition) is 4. The fourth-order valence-electron chi connectivity index (χ4n) is 5.40. The van der Waals surface area contributed by atoms with Gasteiger partial charge in [0.25, 0.3) is 0 Å². The molecule has 0 spiro atoms. The standard InChI is InChI=1S/C28H44N2O5/c1-3-4-16-29-28(33)30(23-12-6-5-7-13-23)17-18-34-24-14-9-15-25(19-24)35-20-22-11-8-10-21(2)26(22)27(31)32/h8,10-11,23-25H,3-7,9,12-20H2,1-2H3,(H,29,33)(H,31,32)/t24-,25+/m0/s1. The van der Waals surface area contributed by atoms with Crippen LogP contribution in [0.5, 0.6) is 0 Å². The quantitative estimate of drug-likeness (QED) is 0.370. The summed E-state index contributed by atoms with van der Waals surface area (Å²) < 4.78 is 12.4. The van der Waals surface area contributed by atoms with Gasteiger partial charge in [0, 0.05) is 19.1 Å². The van der Waals surface area contributed by atoms with Crippen LogP contribution < -0.4 is 5.32 Å². The summed E-state index contributed by atoms with van der Waals surface area (Å²) in [6.07, 6.45) is 11.8. The maximum atomic E-state index is 12.9. The van der Waals surface area contributed by atoms with E-state index in [0.717, 1.165) is 69.0 Å². The molecule has 0 aliphatic heterocycles. The number of unbranched alkanes of at least 4 members (excludes halogenated alkanes) is 1. The lowest BCUT2D eigenvalue weighted by molar-refractivity contribution is -0.0537. The largest absolute Gasteiger partial charge is 0.478 e. The van der Waals surface area contributed by atoms with Crippen LogP contribution in [0.15, 0.2) is 18.2 Å². The normalized spacial score (nSPS) is 21.0. The molecule has 2 aliphatic rings. The number of ether oxygens (including phenoxy) is 2. The molecule has 3 rings (SSSR count). The van der Waals surface area contributed by atoms with Gasteiger partial charge in [-0.05, 0) is 63.0 Å². The molecule has 2 saturated carbocycles. The lowest BCUT2D eigenvalue weighted by Gasteiger charge is -2.35. The van der Waals surface area contributed by atoms with Crippen molar-refractivity contribution in [2.45, 2.75) is 109 Å². The van der Waals surface area contributed by atoms with Gasteiger partial charge in [0.2, 0.25) is 0 Å². The smallest absolute Gasteiger partial charge is 0.336 e. The van der Waals surface area contributed by atoms with E-state index in [9.17, 15) is 14.7 Å². The third-order valence-electron chi connectivity index (χ3n) is 7.39. The van der Waals surface area contributed by atoms with Crippen LogP contribution in [-0.2, 0) is 16.1 Å². The molecule has 0 saturated heterocycles. The van der Waals surface area contributed by atoms with Crippen molar-refractivity contribution in [1.29, 1.82) is 0 Å². The summed E-state index contributed by atoms with van der Waals surface area (Å²) in [6, 6.07) is 5.89. The summed E-state index contributed by atoms with van der Waals surface area (Å²) >= 11 is 0. The second kappa shape index (κ2) is 14.4. The van der Waals surface area contributed by atoms with Crippen LogP contribution in [-0.4, -0.2) is 60.0 Å². The molecule has 1 aromatic carbocycles. The molecule has 0 unspecified atom stereocenters. The number of carbonyl (C=O) groups excluding carboxylic acids is 1. The van der Waals surface area contributed by atoms with Crippen LogP contribution in [0.2, 0.25) is 0 Å². The molecule has 35 heavy (non-hydrogen) atoms. The number of aromatic carboxylic acids is 1. The van der Waals surface area contributed by atoms with E-state index in [0.29, 0.717) is 31.4 Å². The Bertz CT molecular complexity index is 809. The van der Waals surface area contributed by atoms with Gasteiger partial charge in [-0.2, -0.15) is 0 Å². The van der Waals surface area contributed by atoms with Gasteiger partial charge in [0.15, 0.2) is 0 Å². The van der Waals surface area contributed by atoms with Gasteiger partial charge < -0.3 is 24.8 Å². The topological polar surface area (TPSA) is 88.1 Å². The average Bonchev–Trinajstić information content (AvgIpc) is 2.86. The SMILES string of the molecule is CCCCNC(=O)N(CCO[C@H]1CCC[C@@H](OCc2cccc(C)c2C(=O)O)C1)C1CCCCC1. The van der Waals surface area contributed by atoms with Crippen LogP contribution in [0.1, 0.15) is 99.0 Å². The summed E-state index contributed by atoms with van der Waals surface area (Å²) in [4.78, 5) is 26.5. The number of carboxylic acid groups (broad SMARTS) is 1. The molecule has 0 radical (unpaired) electrons. The van der Waals surface area contributed by atoms with Crippen molar-refractivity contribution in [2.75, 3.05) is 19.7 Å². The number of carboxylic acids is 1. The van der Waals surface area contributed by atoms with Crippen LogP contribution in [0.25, 0.3) is 0 Å². The first-order valence-electron chi connectivity index (χ1n) is 13.6. The van der Waals surface area contributed by atoms with Crippen molar-refractivity contribution in [3.05, 3.63) is 34.9 Å². The lowest BCUT2D eigenvalue weighted by Crippen LogP contribution is -2.48. The van der Waals surface area contributed by atoms with E-state index in [1.807, 2.05) is 30.0 Å². The van der Waals surface area contributed by atoms with E-state index in [2.05, 4.69) is 12.2 Å². The van der Waals surface area contributed by atoms with Crippen LogP contribution >= 0.6 is 0 Å². The predicted octanol–water partition coefficient (Wildman–Crippen LogP) is 5.68. The van der Waals surface area contributed by atoms with Crippen molar-refractivity contribution in [3.8, 4) is 0 Å². The van der Waals surface area contributed by atoms with Crippen molar-refractivity contribution >= 4 is 12.0 Å². The molecule has 2 fully saturated rings. The molecular weight excluding hydrogens is 444 g/mol. The molecular formula is C28H44N2O5. The number of aryl methyl sites for hydroxylation is 1. The maximum absolute atomic E-state index is 12.9. The summed E-state index contributed by atoms with van der Waals surface area (Å²) in [5.74, 6) is -0.909. The van der Waals surface area contributed by atoms with Crippen molar-refractivity contribution in [2.24, 2.45) is 0 Å². The molecule has 2 atom stereocenters. The zero-order valence-corrected chi connectivity index (χ0v) is 21.6.